The van der Waals surface area contributed by atoms with Gasteiger partial charge in [-0.25, -0.2) is 9.67 Å². The second kappa shape index (κ2) is 7.31. The van der Waals surface area contributed by atoms with Gasteiger partial charge in [0.15, 0.2) is 0 Å². The zero-order valence-electron chi connectivity index (χ0n) is 14.8. The second-order valence-corrected chi connectivity index (χ2v) is 7.37. The van der Waals surface area contributed by atoms with Gasteiger partial charge in [0.05, 0.1) is 18.2 Å². The number of piperidine rings is 1. The number of aromatic nitrogens is 3. The van der Waals surface area contributed by atoms with Crippen LogP contribution in [0.15, 0.2) is 0 Å². The molecule has 1 aromatic heterocycles. The topological polar surface area (TPSA) is 54.2 Å². The SMILES string of the molecule is CCC(O)Cn1nc(C)nc1C1(N2CCCCC2)CCCCC1. The molecule has 0 spiro atoms. The first-order valence-electron chi connectivity index (χ1n) is 9.51. The summed E-state index contributed by atoms with van der Waals surface area (Å²) < 4.78 is 2.02. The third kappa shape index (κ3) is 3.45. The van der Waals surface area contributed by atoms with Gasteiger partial charge in [0.2, 0.25) is 0 Å². The molecule has 0 amide bonds. The molecule has 0 aromatic carbocycles. The minimum absolute atomic E-state index is 0.0490. The molecule has 1 atom stereocenters. The van der Waals surface area contributed by atoms with E-state index in [1.54, 1.807) is 0 Å². The summed E-state index contributed by atoms with van der Waals surface area (Å²) in [5, 5.41) is 14.8. The molecule has 1 aliphatic heterocycles. The molecule has 0 bridgehead atoms. The number of hydrogen-bond donors (Lipinski definition) is 1. The van der Waals surface area contributed by atoms with Crippen LogP contribution >= 0.6 is 0 Å². The Bertz CT molecular complexity index is 501. The second-order valence-electron chi connectivity index (χ2n) is 7.37. The first-order chi connectivity index (χ1) is 11.2. The van der Waals surface area contributed by atoms with E-state index in [1.165, 1.54) is 64.5 Å². The average molecular weight is 320 g/mol. The lowest BCUT2D eigenvalue weighted by atomic mass is 9.78. The van der Waals surface area contributed by atoms with E-state index in [-0.39, 0.29) is 11.6 Å². The Kier molecular flexibility index (Phi) is 5.37. The Labute approximate surface area is 140 Å². The number of aryl methyl sites for hydroxylation is 1. The maximum Gasteiger partial charge on any atom is 0.147 e. The normalized spacial score (nSPS) is 23.8. The summed E-state index contributed by atoms with van der Waals surface area (Å²) >= 11 is 0. The van der Waals surface area contributed by atoms with Gasteiger partial charge < -0.3 is 5.11 Å². The van der Waals surface area contributed by atoms with E-state index in [1.807, 2.05) is 18.5 Å². The number of nitrogens with zero attached hydrogens (tertiary/aromatic N) is 4. The van der Waals surface area contributed by atoms with Crippen LogP contribution in [0.5, 0.6) is 0 Å². The Hall–Kier alpha value is -0.940. The van der Waals surface area contributed by atoms with Crippen molar-refractivity contribution in [3.05, 3.63) is 11.6 Å². The Balaban J connectivity index is 1.96. The Morgan fingerprint density at radius 1 is 1.09 bits per heavy atom. The summed E-state index contributed by atoms with van der Waals surface area (Å²) in [6.45, 7) is 6.94. The van der Waals surface area contributed by atoms with E-state index in [4.69, 9.17) is 4.98 Å². The van der Waals surface area contributed by atoms with Crippen molar-refractivity contribution in [2.24, 2.45) is 0 Å². The molecule has 2 aliphatic rings. The molecule has 3 rings (SSSR count). The van der Waals surface area contributed by atoms with Gasteiger partial charge in [0, 0.05) is 0 Å². The fourth-order valence-electron chi connectivity index (χ4n) is 4.40. The van der Waals surface area contributed by atoms with Crippen LogP contribution in [0.25, 0.3) is 0 Å². The first-order valence-corrected chi connectivity index (χ1v) is 9.51. The highest BCUT2D eigenvalue weighted by molar-refractivity contribution is 5.11. The number of hydrogen-bond acceptors (Lipinski definition) is 4. The van der Waals surface area contributed by atoms with E-state index < -0.39 is 0 Å². The van der Waals surface area contributed by atoms with E-state index in [9.17, 15) is 5.11 Å². The molecule has 1 saturated heterocycles. The van der Waals surface area contributed by atoms with Crippen molar-refractivity contribution in [3.63, 3.8) is 0 Å². The molecule has 2 fully saturated rings. The van der Waals surface area contributed by atoms with Gasteiger partial charge in [-0.05, 0) is 52.1 Å². The molecule has 130 valence electrons. The third-order valence-electron chi connectivity index (χ3n) is 5.69. The Morgan fingerprint density at radius 2 is 1.74 bits per heavy atom. The van der Waals surface area contributed by atoms with Crippen LogP contribution in [-0.2, 0) is 12.1 Å². The molecule has 1 N–H and O–H groups in total. The molecule has 5 heteroatoms. The van der Waals surface area contributed by atoms with Crippen LogP contribution in [0, 0.1) is 6.92 Å². The van der Waals surface area contributed by atoms with Crippen LogP contribution in [-0.4, -0.2) is 44.0 Å². The lowest BCUT2D eigenvalue weighted by Gasteiger charge is -2.47. The summed E-state index contributed by atoms with van der Waals surface area (Å²) in [7, 11) is 0. The molecular weight excluding hydrogens is 288 g/mol. The lowest BCUT2D eigenvalue weighted by molar-refractivity contribution is 0.0171. The van der Waals surface area contributed by atoms with Crippen LogP contribution in [0.2, 0.25) is 0 Å². The number of likely N-dealkylation sites (tertiary alicyclic amines) is 1. The van der Waals surface area contributed by atoms with Crippen molar-refractivity contribution < 1.29 is 5.11 Å². The van der Waals surface area contributed by atoms with Gasteiger partial charge in [0.1, 0.15) is 11.6 Å². The molecule has 1 saturated carbocycles. The monoisotopic (exact) mass is 320 g/mol. The molecule has 1 aromatic rings. The summed E-state index contributed by atoms with van der Waals surface area (Å²) in [5.74, 6) is 1.95. The molecule has 5 nitrogen and oxygen atoms in total. The fraction of sp³-hybridized carbons (Fsp3) is 0.889. The van der Waals surface area contributed by atoms with Crippen molar-refractivity contribution in [1.29, 1.82) is 0 Å². The van der Waals surface area contributed by atoms with Gasteiger partial charge in [-0.1, -0.05) is 32.6 Å². The summed E-state index contributed by atoms with van der Waals surface area (Å²) in [5.41, 5.74) is 0.0490. The number of aliphatic hydroxyl groups excluding tert-OH is 1. The van der Waals surface area contributed by atoms with Gasteiger partial charge in [-0.2, -0.15) is 5.10 Å². The third-order valence-corrected chi connectivity index (χ3v) is 5.69. The van der Waals surface area contributed by atoms with E-state index >= 15 is 0 Å². The van der Waals surface area contributed by atoms with Gasteiger partial charge >= 0.3 is 0 Å². The highest BCUT2D eigenvalue weighted by Gasteiger charge is 2.43. The summed E-state index contributed by atoms with van der Waals surface area (Å²) in [4.78, 5) is 7.56. The molecule has 1 unspecified atom stereocenters. The van der Waals surface area contributed by atoms with E-state index in [0.29, 0.717) is 6.54 Å². The average Bonchev–Trinajstić information content (AvgIpc) is 2.97. The molecule has 23 heavy (non-hydrogen) atoms. The lowest BCUT2D eigenvalue weighted by Crippen LogP contribution is -2.51. The first kappa shape index (κ1) is 16.9. The smallest absolute Gasteiger partial charge is 0.147 e. The van der Waals surface area contributed by atoms with Crippen LogP contribution < -0.4 is 0 Å². The molecular formula is C18H32N4O. The standard InChI is InChI=1S/C18H32N4O/c1-3-16(23)14-22-17(19-15(2)20-22)18(10-6-4-7-11-18)21-12-8-5-9-13-21/h16,23H,3-14H2,1-2H3. The maximum absolute atomic E-state index is 10.1. The molecule has 1 aliphatic carbocycles. The van der Waals surface area contributed by atoms with Crippen molar-refractivity contribution >= 4 is 0 Å². The highest BCUT2D eigenvalue weighted by Crippen LogP contribution is 2.42. The van der Waals surface area contributed by atoms with Gasteiger partial charge in [-0.3, -0.25) is 4.90 Å². The van der Waals surface area contributed by atoms with E-state index in [0.717, 1.165) is 18.1 Å². The molecule has 0 radical (unpaired) electrons. The maximum atomic E-state index is 10.1. The largest absolute Gasteiger partial charge is 0.391 e. The predicted octanol–water partition coefficient (Wildman–Crippen LogP) is 3.00. The summed E-state index contributed by atoms with van der Waals surface area (Å²) in [6.07, 6.45) is 10.6. The quantitative estimate of drug-likeness (QED) is 0.906. The van der Waals surface area contributed by atoms with Gasteiger partial charge in [-0.15, -0.1) is 0 Å². The number of aliphatic hydroxyl groups is 1. The summed E-state index contributed by atoms with van der Waals surface area (Å²) in [6, 6.07) is 0. The van der Waals surface area contributed by atoms with Crippen molar-refractivity contribution in [3.8, 4) is 0 Å². The Morgan fingerprint density at radius 3 is 2.39 bits per heavy atom. The van der Waals surface area contributed by atoms with Crippen molar-refractivity contribution in [2.45, 2.75) is 89.8 Å². The predicted molar refractivity (Wildman–Crippen MR) is 91.2 cm³/mol. The fourth-order valence-corrected chi connectivity index (χ4v) is 4.40. The minimum Gasteiger partial charge on any atom is -0.391 e. The van der Waals surface area contributed by atoms with Crippen molar-refractivity contribution in [2.75, 3.05) is 13.1 Å². The zero-order valence-corrected chi connectivity index (χ0v) is 14.8. The van der Waals surface area contributed by atoms with Crippen LogP contribution in [0.4, 0.5) is 0 Å². The van der Waals surface area contributed by atoms with Crippen LogP contribution in [0.3, 0.4) is 0 Å². The number of rotatable bonds is 5. The highest BCUT2D eigenvalue weighted by atomic mass is 16.3. The van der Waals surface area contributed by atoms with E-state index in [2.05, 4.69) is 10.00 Å². The zero-order chi connectivity index (χ0) is 16.3. The van der Waals surface area contributed by atoms with Crippen molar-refractivity contribution in [1.82, 2.24) is 19.7 Å². The van der Waals surface area contributed by atoms with Gasteiger partial charge in [0.25, 0.3) is 0 Å². The van der Waals surface area contributed by atoms with Crippen LogP contribution in [0.1, 0.15) is 76.4 Å². The molecule has 2 heterocycles. The minimum atomic E-state index is -0.336.